The third-order valence-corrected chi connectivity index (χ3v) is 1.91. The number of carbonyl (C=O) groups excluding carboxylic acids is 1. The fourth-order valence-corrected chi connectivity index (χ4v) is 1.20. The van der Waals surface area contributed by atoms with E-state index in [0.29, 0.717) is 0 Å². The fourth-order valence-electron chi connectivity index (χ4n) is 1.20. The van der Waals surface area contributed by atoms with E-state index in [1.54, 1.807) is 0 Å². The lowest BCUT2D eigenvalue weighted by Gasteiger charge is -2.04. The molecular formula is C10H7FN2O3. The van der Waals surface area contributed by atoms with Gasteiger partial charge in [-0.25, -0.2) is 4.39 Å². The Morgan fingerprint density at radius 1 is 1.50 bits per heavy atom. The number of benzene rings is 1. The topological polar surface area (TPSA) is 75.4 Å². The van der Waals surface area contributed by atoms with E-state index in [-0.39, 0.29) is 5.69 Å². The number of halogens is 1. The molecule has 0 bridgehead atoms. The first-order valence-corrected chi connectivity index (χ1v) is 4.36. The zero-order valence-electron chi connectivity index (χ0n) is 7.98. The molecule has 0 aliphatic heterocycles. The Kier molecular flexibility index (Phi) is 2.55. The quantitative estimate of drug-likeness (QED) is 0.811. The number of aromatic hydroxyl groups is 1. The van der Waals surface area contributed by atoms with Crippen LogP contribution in [-0.2, 0) is 0 Å². The molecule has 1 amide bonds. The number of amides is 1. The van der Waals surface area contributed by atoms with E-state index in [9.17, 15) is 14.3 Å². The molecular weight excluding hydrogens is 215 g/mol. The molecule has 1 aromatic carbocycles. The van der Waals surface area contributed by atoms with E-state index in [1.165, 1.54) is 24.6 Å². The van der Waals surface area contributed by atoms with Gasteiger partial charge in [-0.3, -0.25) is 4.79 Å². The maximum absolute atomic E-state index is 13.3. The fraction of sp³-hybridized carbons (Fsp3) is 0. The van der Waals surface area contributed by atoms with Gasteiger partial charge < -0.3 is 14.9 Å². The van der Waals surface area contributed by atoms with Gasteiger partial charge in [-0.1, -0.05) is 11.2 Å². The molecule has 6 heteroatoms. The third kappa shape index (κ3) is 1.85. The van der Waals surface area contributed by atoms with Gasteiger partial charge in [0.2, 0.25) is 0 Å². The van der Waals surface area contributed by atoms with Crippen molar-refractivity contribution in [3.05, 3.63) is 42.0 Å². The van der Waals surface area contributed by atoms with Crippen LogP contribution in [-0.4, -0.2) is 16.2 Å². The molecule has 2 N–H and O–H groups in total. The van der Waals surface area contributed by atoms with Crippen molar-refractivity contribution in [3.63, 3.8) is 0 Å². The first-order valence-electron chi connectivity index (χ1n) is 4.36. The summed E-state index contributed by atoms with van der Waals surface area (Å²) >= 11 is 0. The number of hydrogen-bond donors (Lipinski definition) is 2. The highest BCUT2D eigenvalue weighted by Gasteiger charge is 2.16. The monoisotopic (exact) mass is 222 g/mol. The maximum atomic E-state index is 13.3. The SMILES string of the molecule is O=C(Nc1cnoc1)c1c(O)cccc1F. The minimum absolute atomic E-state index is 0.285. The molecule has 1 heterocycles. The summed E-state index contributed by atoms with van der Waals surface area (Å²) in [5.41, 5.74) is -0.128. The van der Waals surface area contributed by atoms with Gasteiger partial charge in [0, 0.05) is 0 Å². The van der Waals surface area contributed by atoms with Crippen molar-refractivity contribution in [2.75, 3.05) is 5.32 Å². The van der Waals surface area contributed by atoms with Crippen LogP contribution in [0.4, 0.5) is 10.1 Å². The molecule has 2 rings (SSSR count). The molecule has 5 nitrogen and oxygen atoms in total. The van der Waals surface area contributed by atoms with Crippen molar-refractivity contribution in [1.29, 1.82) is 0 Å². The van der Waals surface area contributed by atoms with Gasteiger partial charge in [-0.2, -0.15) is 0 Å². The first kappa shape index (κ1) is 10.2. The number of phenolic OH excluding ortho intramolecular Hbond substituents is 1. The largest absolute Gasteiger partial charge is 0.507 e. The van der Waals surface area contributed by atoms with Crippen molar-refractivity contribution >= 4 is 11.6 Å². The molecule has 1 aromatic heterocycles. The van der Waals surface area contributed by atoms with Crippen LogP contribution in [0.25, 0.3) is 0 Å². The predicted molar refractivity (Wildman–Crippen MR) is 52.5 cm³/mol. The number of phenols is 1. The van der Waals surface area contributed by atoms with Crippen LogP contribution < -0.4 is 5.32 Å². The molecule has 0 atom stereocenters. The summed E-state index contributed by atoms with van der Waals surface area (Å²) in [7, 11) is 0. The summed E-state index contributed by atoms with van der Waals surface area (Å²) in [4.78, 5) is 11.6. The van der Waals surface area contributed by atoms with E-state index < -0.39 is 23.0 Å². The van der Waals surface area contributed by atoms with Crippen LogP contribution in [0, 0.1) is 5.82 Å². The van der Waals surface area contributed by atoms with Gasteiger partial charge in [-0.05, 0) is 12.1 Å². The average Bonchev–Trinajstić information content (AvgIpc) is 2.70. The van der Waals surface area contributed by atoms with Gasteiger partial charge in [0.05, 0.1) is 6.20 Å². The molecule has 0 spiro atoms. The lowest BCUT2D eigenvalue weighted by molar-refractivity contribution is 0.102. The summed E-state index contributed by atoms with van der Waals surface area (Å²) in [6.45, 7) is 0. The second-order valence-electron chi connectivity index (χ2n) is 3.00. The second kappa shape index (κ2) is 4.01. The number of anilines is 1. The number of hydrogen-bond acceptors (Lipinski definition) is 4. The molecule has 0 fully saturated rings. The van der Waals surface area contributed by atoms with Crippen molar-refractivity contribution in [2.24, 2.45) is 0 Å². The molecule has 2 aromatic rings. The van der Waals surface area contributed by atoms with E-state index in [1.807, 2.05) is 0 Å². The van der Waals surface area contributed by atoms with E-state index >= 15 is 0 Å². The Bertz CT molecular complexity index is 491. The summed E-state index contributed by atoms with van der Waals surface area (Å²) in [6.07, 6.45) is 2.45. The Hall–Kier alpha value is -2.37. The second-order valence-corrected chi connectivity index (χ2v) is 3.00. The lowest BCUT2D eigenvalue weighted by atomic mass is 10.1. The van der Waals surface area contributed by atoms with Crippen LogP contribution in [0.1, 0.15) is 10.4 Å². The average molecular weight is 222 g/mol. The van der Waals surface area contributed by atoms with Crippen molar-refractivity contribution < 1.29 is 18.8 Å². The van der Waals surface area contributed by atoms with Crippen LogP contribution in [0.15, 0.2) is 35.2 Å². The number of rotatable bonds is 2. The number of nitrogens with one attached hydrogen (secondary N) is 1. The minimum atomic E-state index is -0.797. The molecule has 0 aliphatic carbocycles. The van der Waals surface area contributed by atoms with Gasteiger partial charge in [-0.15, -0.1) is 0 Å². The number of carbonyl (C=O) groups is 1. The molecule has 0 radical (unpaired) electrons. The highest BCUT2D eigenvalue weighted by Crippen LogP contribution is 2.21. The molecule has 82 valence electrons. The van der Waals surface area contributed by atoms with Gasteiger partial charge in [0.15, 0.2) is 0 Å². The van der Waals surface area contributed by atoms with E-state index in [2.05, 4.69) is 15.0 Å². The zero-order chi connectivity index (χ0) is 11.5. The normalized spacial score (nSPS) is 10.1. The molecule has 0 unspecified atom stereocenters. The van der Waals surface area contributed by atoms with Crippen LogP contribution in [0.5, 0.6) is 5.75 Å². The lowest BCUT2D eigenvalue weighted by Crippen LogP contribution is -2.13. The summed E-state index contributed by atoms with van der Waals surface area (Å²) in [5, 5.41) is 15.0. The first-order chi connectivity index (χ1) is 7.68. The summed E-state index contributed by atoms with van der Waals surface area (Å²) in [5.74, 6) is -1.98. The highest BCUT2D eigenvalue weighted by molar-refractivity contribution is 6.06. The zero-order valence-corrected chi connectivity index (χ0v) is 7.98. The molecule has 16 heavy (non-hydrogen) atoms. The Morgan fingerprint density at radius 2 is 2.31 bits per heavy atom. The molecule has 0 saturated carbocycles. The van der Waals surface area contributed by atoms with E-state index in [4.69, 9.17) is 0 Å². The standard InChI is InChI=1S/C10H7FN2O3/c11-7-2-1-3-8(14)9(7)10(15)13-6-4-12-16-5-6/h1-5,14H,(H,13,15). The van der Waals surface area contributed by atoms with Crippen LogP contribution in [0.2, 0.25) is 0 Å². The van der Waals surface area contributed by atoms with Crippen molar-refractivity contribution in [1.82, 2.24) is 5.16 Å². The van der Waals surface area contributed by atoms with Gasteiger partial charge in [0.25, 0.3) is 5.91 Å². The number of nitrogens with zero attached hydrogens (tertiary/aromatic N) is 1. The summed E-state index contributed by atoms with van der Waals surface area (Å²) < 4.78 is 17.8. The Balaban J connectivity index is 2.28. The Morgan fingerprint density at radius 3 is 2.94 bits per heavy atom. The highest BCUT2D eigenvalue weighted by atomic mass is 19.1. The van der Waals surface area contributed by atoms with Gasteiger partial charge in [0.1, 0.15) is 29.1 Å². The van der Waals surface area contributed by atoms with Crippen molar-refractivity contribution in [3.8, 4) is 5.75 Å². The Labute approximate surface area is 89.5 Å². The van der Waals surface area contributed by atoms with Crippen LogP contribution in [0.3, 0.4) is 0 Å². The number of aromatic nitrogens is 1. The maximum Gasteiger partial charge on any atom is 0.262 e. The van der Waals surface area contributed by atoms with Crippen LogP contribution >= 0.6 is 0 Å². The molecule has 0 saturated heterocycles. The van der Waals surface area contributed by atoms with Crippen molar-refractivity contribution in [2.45, 2.75) is 0 Å². The molecule has 0 aliphatic rings. The van der Waals surface area contributed by atoms with Gasteiger partial charge >= 0.3 is 0 Å². The third-order valence-electron chi connectivity index (χ3n) is 1.91. The summed E-state index contributed by atoms with van der Waals surface area (Å²) in [6, 6.07) is 3.62. The smallest absolute Gasteiger partial charge is 0.262 e. The van der Waals surface area contributed by atoms with E-state index in [0.717, 1.165) is 6.07 Å². The minimum Gasteiger partial charge on any atom is -0.507 e. The predicted octanol–water partition coefficient (Wildman–Crippen LogP) is 1.77.